The number of ether oxygens (including phenoxy) is 2. The molecule has 2 fully saturated rings. The average molecular weight is 380 g/mol. The zero-order valence-electron chi connectivity index (χ0n) is 14.9. The minimum absolute atomic E-state index is 0.143. The fraction of sp³-hybridized carbons (Fsp3) is 0.688. The highest BCUT2D eigenvalue weighted by atomic mass is 16.6. The van der Waals surface area contributed by atoms with Crippen molar-refractivity contribution in [1.82, 2.24) is 19.5 Å². The molecule has 0 saturated carbocycles. The first-order chi connectivity index (χ1) is 13.1. The zero-order valence-corrected chi connectivity index (χ0v) is 14.9. The van der Waals surface area contributed by atoms with Gasteiger partial charge in [0.25, 0.3) is 0 Å². The highest BCUT2D eigenvalue weighted by Crippen LogP contribution is 2.35. The van der Waals surface area contributed by atoms with Crippen molar-refractivity contribution in [2.45, 2.75) is 43.9 Å². The molecular formula is C16H24N6O5. The first kappa shape index (κ1) is 18.3. The van der Waals surface area contributed by atoms with Crippen molar-refractivity contribution in [3.8, 4) is 0 Å². The minimum atomic E-state index is -1.23. The predicted octanol–water partition coefficient (Wildman–Crippen LogP) is -0.930. The molecule has 2 aromatic heterocycles. The number of nitrogens with one attached hydrogen (secondary N) is 2. The molecule has 11 heteroatoms. The zero-order chi connectivity index (χ0) is 19.0. The van der Waals surface area contributed by atoms with Gasteiger partial charge in [-0.3, -0.25) is 4.57 Å². The van der Waals surface area contributed by atoms with Gasteiger partial charge in [0, 0.05) is 13.2 Å². The summed E-state index contributed by atoms with van der Waals surface area (Å²) in [7, 11) is 0. The van der Waals surface area contributed by atoms with E-state index in [2.05, 4.69) is 25.6 Å². The summed E-state index contributed by atoms with van der Waals surface area (Å²) >= 11 is 0. The van der Waals surface area contributed by atoms with Gasteiger partial charge in [0.05, 0.1) is 19.3 Å². The summed E-state index contributed by atoms with van der Waals surface area (Å²) < 4.78 is 12.7. The monoisotopic (exact) mass is 380 g/mol. The third-order valence-electron chi connectivity index (χ3n) is 4.85. The van der Waals surface area contributed by atoms with Crippen LogP contribution < -0.4 is 10.6 Å². The number of anilines is 2. The largest absolute Gasteiger partial charge is 0.394 e. The number of aliphatic hydroxyl groups excluding tert-OH is 3. The van der Waals surface area contributed by atoms with Crippen LogP contribution in [0, 0.1) is 0 Å². The molecule has 2 aliphatic heterocycles. The maximum Gasteiger partial charge on any atom is 0.207 e. The molecule has 0 aliphatic carbocycles. The summed E-state index contributed by atoms with van der Waals surface area (Å²) in [4.78, 5) is 13.2. The second-order valence-electron chi connectivity index (χ2n) is 6.66. The molecule has 2 saturated heterocycles. The van der Waals surface area contributed by atoms with Crippen LogP contribution in [-0.4, -0.2) is 85.6 Å². The SMILES string of the molecule is CCNc1nc2c(NC3CCOC3)ncnc2n1C1OC(CO)C(O)C1O. The van der Waals surface area contributed by atoms with Crippen LogP contribution in [0.2, 0.25) is 0 Å². The third kappa shape index (κ3) is 3.21. The maximum absolute atomic E-state index is 10.4. The van der Waals surface area contributed by atoms with Gasteiger partial charge in [0.15, 0.2) is 23.2 Å². The molecular weight excluding hydrogens is 356 g/mol. The molecule has 0 spiro atoms. The van der Waals surface area contributed by atoms with Crippen molar-refractivity contribution in [1.29, 1.82) is 0 Å². The first-order valence-electron chi connectivity index (χ1n) is 9.07. The highest BCUT2D eigenvalue weighted by Gasteiger charge is 2.45. The molecule has 5 N–H and O–H groups in total. The average Bonchev–Trinajstić information content (AvgIpc) is 3.36. The number of hydrogen-bond acceptors (Lipinski definition) is 10. The molecule has 11 nitrogen and oxygen atoms in total. The van der Waals surface area contributed by atoms with Crippen molar-refractivity contribution < 1.29 is 24.8 Å². The van der Waals surface area contributed by atoms with Crippen molar-refractivity contribution in [2.75, 3.05) is 37.0 Å². The molecule has 0 bridgehead atoms. The lowest BCUT2D eigenvalue weighted by molar-refractivity contribution is -0.0501. The molecule has 4 heterocycles. The summed E-state index contributed by atoms with van der Waals surface area (Å²) in [6.07, 6.45) is -1.97. The van der Waals surface area contributed by atoms with Crippen LogP contribution in [0.15, 0.2) is 6.33 Å². The summed E-state index contributed by atoms with van der Waals surface area (Å²) in [5, 5.41) is 36.4. The lowest BCUT2D eigenvalue weighted by atomic mass is 10.1. The molecule has 148 valence electrons. The Morgan fingerprint density at radius 2 is 2.15 bits per heavy atom. The van der Waals surface area contributed by atoms with E-state index in [0.717, 1.165) is 6.42 Å². The Bertz CT molecular complexity index is 795. The Labute approximate surface area is 155 Å². The fourth-order valence-corrected chi connectivity index (χ4v) is 3.47. The normalized spacial score (nSPS) is 30.9. The second kappa shape index (κ2) is 7.52. The molecule has 0 radical (unpaired) electrons. The smallest absolute Gasteiger partial charge is 0.207 e. The van der Waals surface area contributed by atoms with E-state index in [-0.39, 0.29) is 6.04 Å². The Balaban J connectivity index is 1.76. The van der Waals surface area contributed by atoms with Gasteiger partial charge in [-0.15, -0.1) is 0 Å². The summed E-state index contributed by atoms with van der Waals surface area (Å²) in [6.45, 7) is 3.40. The number of aliphatic hydroxyl groups is 3. The lowest BCUT2D eigenvalue weighted by Crippen LogP contribution is -2.33. The van der Waals surface area contributed by atoms with Gasteiger partial charge >= 0.3 is 0 Å². The number of imidazole rings is 1. The van der Waals surface area contributed by atoms with Gasteiger partial charge in [-0.05, 0) is 13.3 Å². The summed E-state index contributed by atoms with van der Waals surface area (Å²) in [5.41, 5.74) is 0.982. The van der Waals surface area contributed by atoms with Crippen LogP contribution >= 0.6 is 0 Å². The molecule has 0 amide bonds. The molecule has 0 aromatic carbocycles. The van der Waals surface area contributed by atoms with E-state index in [1.165, 1.54) is 6.33 Å². The van der Waals surface area contributed by atoms with E-state index in [9.17, 15) is 15.3 Å². The van der Waals surface area contributed by atoms with E-state index < -0.39 is 31.1 Å². The van der Waals surface area contributed by atoms with Crippen molar-refractivity contribution in [3.05, 3.63) is 6.33 Å². The third-order valence-corrected chi connectivity index (χ3v) is 4.85. The topological polar surface area (TPSA) is 147 Å². The highest BCUT2D eigenvalue weighted by molar-refractivity contribution is 5.85. The van der Waals surface area contributed by atoms with Crippen LogP contribution in [0.1, 0.15) is 19.6 Å². The van der Waals surface area contributed by atoms with Gasteiger partial charge in [-0.2, -0.15) is 0 Å². The van der Waals surface area contributed by atoms with Crippen LogP contribution in [0.5, 0.6) is 0 Å². The Morgan fingerprint density at radius 3 is 2.81 bits per heavy atom. The fourth-order valence-electron chi connectivity index (χ4n) is 3.47. The standard InChI is InChI=1S/C16H24N6O5/c1-2-17-16-21-10-13(20-8-3-4-26-6-8)18-7-19-14(10)22(16)15-12(25)11(24)9(5-23)27-15/h7-9,11-12,15,23-25H,2-6H2,1H3,(H,17,21)(H,18,19,20). The van der Waals surface area contributed by atoms with Crippen LogP contribution in [0.25, 0.3) is 11.2 Å². The first-order valence-corrected chi connectivity index (χ1v) is 9.07. The number of hydrogen-bond donors (Lipinski definition) is 5. The number of nitrogens with zero attached hydrogens (tertiary/aromatic N) is 4. The lowest BCUT2D eigenvalue weighted by Gasteiger charge is -2.19. The quantitative estimate of drug-likeness (QED) is 0.426. The van der Waals surface area contributed by atoms with E-state index >= 15 is 0 Å². The Hall–Kier alpha value is -2.05. The molecule has 5 atom stereocenters. The molecule has 2 aromatic rings. The van der Waals surface area contributed by atoms with Gasteiger partial charge in [0.2, 0.25) is 5.95 Å². The van der Waals surface area contributed by atoms with Gasteiger partial charge in [-0.25, -0.2) is 15.0 Å². The van der Waals surface area contributed by atoms with E-state index in [0.29, 0.717) is 42.7 Å². The Kier molecular flexibility index (Phi) is 5.10. The predicted molar refractivity (Wildman–Crippen MR) is 95.3 cm³/mol. The van der Waals surface area contributed by atoms with Gasteiger partial charge in [-0.1, -0.05) is 0 Å². The Morgan fingerprint density at radius 1 is 1.30 bits per heavy atom. The van der Waals surface area contributed by atoms with Crippen molar-refractivity contribution >= 4 is 22.9 Å². The number of aromatic nitrogens is 4. The van der Waals surface area contributed by atoms with E-state index in [1.54, 1.807) is 4.57 Å². The van der Waals surface area contributed by atoms with E-state index in [1.807, 2.05) is 6.92 Å². The molecule has 27 heavy (non-hydrogen) atoms. The van der Waals surface area contributed by atoms with Crippen LogP contribution in [0.3, 0.4) is 0 Å². The number of rotatable bonds is 6. The van der Waals surface area contributed by atoms with Crippen LogP contribution in [0.4, 0.5) is 11.8 Å². The molecule has 4 rings (SSSR count). The molecule has 5 unspecified atom stereocenters. The summed E-state index contributed by atoms with van der Waals surface area (Å²) in [5.74, 6) is 1.01. The van der Waals surface area contributed by atoms with Crippen LogP contribution in [-0.2, 0) is 9.47 Å². The van der Waals surface area contributed by atoms with Crippen molar-refractivity contribution in [2.24, 2.45) is 0 Å². The van der Waals surface area contributed by atoms with Crippen molar-refractivity contribution in [3.63, 3.8) is 0 Å². The van der Waals surface area contributed by atoms with Gasteiger partial charge < -0.3 is 35.4 Å². The van der Waals surface area contributed by atoms with E-state index in [4.69, 9.17) is 9.47 Å². The summed E-state index contributed by atoms with van der Waals surface area (Å²) in [6, 6.07) is 0.143. The molecule has 2 aliphatic rings. The minimum Gasteiger partial charge on any atom is -0.394 e. The number of fused-ring (bicyclic) bond motifs is 1. The van der Waals surface area contributed by atoms with Gasteiger partial charge in [0.1, 0.15) is 24.6 Å². The second-order valence-corrected chi connectivity index (χ2v) is 6.66. The maximum atomic E-state index is 10.4.